The van der Waals surface area contributed by atoms with Crippen LogP contribution in [0, 0.1) is 0 Å². The minimum Gasteiger partial charge on any atom is -0.466 e. The maximum absolute atomic E-state index is 11.8. The van der Waals surface area contributed by atoms with Crippen LogP contribution in [-0.4, -0.2) is 75.0 Å². The van der Waals surface area contributed by atoms with Crippen LogP contribution in [0.4, 0.5) is 5.69 Å². The summed E-state index contributed by atoms with van der Waals surface area (Å²) in [5.41, 5.74) is 3.05. The van der Waals surface area contributed by atoms with Crippen molar-refractivity contribution < 1.29 is 9.53 Å². The number of rotatable bonds is 7. The molecular formula is C25H29N7O2. The van der Waals surface area contributed by atoms with Crippen molar-refractivity contribution >= 4 is 22.6 Å². The number of hydrogen-bond acceptors (Lipinski definition) is 7. The van der Waals surface area contributed by atoms with Gasteiger partial charge >= 0.3 is 5.97 Å². The lowest BCUT2D eigenvalue weighted by Gasteiger charge is -2.22. The van der Waals surface area contributed by atoms with Crippen LogP contribution >= 0.6 is 0 Å². The molecule has 4 heterocycles. The molecule has 1 aliphatic rings. The molecule has 0 spiro atoms. The van der Waals surface area contributed by atoms with E-state index in [4.69, 9.17) is 9.72 Å². The summed E-state index contributed by atoms with van der Waals surface area (Å²) in [6.45, 7) is 4.24. The molecule has 1 aromatic carbocycles. The lowest BCUT2D eigenvalue weighted by atomic mass is 10.2. The minimum absolute atomic E-state index is 0.228. The second kappa shape index (κ2) is 9.26. The first-order valence-electron chi connectivity index (χ1n) is 11.6. The first-order chi connectivity index (χ1) is 16.5. The second-order valence-corrected chi connectivity index (χ2v) is 8.80. The van der Waals surface area contributed by atoms with E-state index in [1.54, 1.807) is 19.3 Å². The molecule has 0 N–H and O–H groups in total. The van der Waals surface area contributed by atoms with Crippen LogP contribution < -0.4 is 4.90 Å². The van der Waals surface area contributed by atoms with E-state index >= 15 is 0 Å². The molecule has 176 valence electrons. The highest BCUT2D eigenvalue weighted by Crippen LogP contribution is 2.27. The van der Waals surface area contributed by atoms with Crippen LogP contribution in [0.2, 0.25) is 0 Å². The maximum atomic E-state index is 11.8. The van der Waals surface area contributed by atoms with Gasteiger partial charge in [-0.2, -0.15) is 5.10 Å². The van der Waals surface area contributed by atoms with Gasteiger partial charge in [0.05, 0.1) is 37.1 Å². The smallest absolute Gasteiger partial charge is 0.310 e. The predicted octanol–water partition coefficient (Wildman–Crippen LogP) is 2.85. The van der Waals surface area contributed by atoms with Crippen molar-refractivity contribution in [2.45, 2.75) is 25.8 Å². The number of esters is 1. The Morgan fingerprint density at radius 2 is 2.03 bits per heavy atom. The van der Waals surface area contributed by atoms with Gasteiger partial charge in [0.2, 0.25) is 0 Å². The molecule has 3 aromatic heterocycles. The molecule has 1 unspecified atom stereocenters. The number of anilines is 1. The normalized spacial score (nSPS) is 16.0. The molecule has 0 radical (unpaired) electrons. The highest BCUT2D eigenvalue weighted by atomic mass is 16.5. The zero-order valence-electron chi connectivity index (χ0n) is 19.8. The number of hydrogen-bond donors (Lipinski definition) is 0. The fourth-order valence-electron chi connectivity index (χ4n) is 4.42. The Bertz CT molecular complexity index is 1310. The van der Waals surface area contributed by atoms with Gasteiger partial charge in [0, 0.05) is 42.6 Å². The number of nitrogens with zero attached hydrogens (tertiary/aromatic N) is 7. The fraction of sp³-hybridized carbons (Fsp3) is 0.360. The quantitative estimate of drug-likeness (QED) is 0.393. The molecule has 1 aliphatic heterocycles. The summed E-state index contributed by atoms with van der Waals surface area (Å²) in [5, 5.41) is 5.65. The Kier molecular flexibility index (Phi) is 6.02. The van der Waals surface area contributed by atoms with Crippen LogP contribution in [0.25, 0.3) is 22.5 Å². The number of fused-ring (bicyclic) bond motifs is 1. The van der Waals surface area contributed by atoms with Gasteiger partial charge in [0.15, 0.2) is 11.6 Å². The Labute approximate surface area is 198 Å². The van der Waals surface area contributed by atoms with Gasteiger partial charge in [-0.05, 0) is 57.3 Å². The molecule has 34 heavy (non-hydrogen) atoms. The van der Waals surface area contributed by atoms with Gasteiger partial charge in [-0.1, -0.05) is 0 Å². The molecule has 0 amide bonds. The number of carbonyl (C=O) groups excluding carboxylic acids is 1. The monoisotopic (exact) mass is 459 g/mol. The highest BCUT2D eigenvalue weighted by molar-refractivity contribution is 5.84. The van der Waals surface area contributed by atoms with Crippen molar-refractivity contribution in [3.8, 4) is 11.6 Å². The molecule has 1 atom stereocenters. The van der Waals surface area contributed by atoms with E-state index in [9.17, 15) is 4.79 Å². The topological polar surface area (TPSA) is 81.3 Å². The van der Waals surface area contributed by atoms with Crippen molar-refractivity contribution in [3.05, 3.63) is 60.8 Å². The molecule has 1 fully saturated rings. The third-order valence-corrected chi connectivity index (χ3v) is 6.31. The molecule has 9 heteroatoms. The first-order valence-corrected chi connectivity index (χ1v) is 11.6. The number of likely N-dealkylation sites (N-methyl/N-ethyl adjacent to an activating group) is 1. The van der Waals surface area contributed by atoms with Crippen LogP contribution in [0.1, 0.15) is 18.9 Å². The van der Waals surface area contributed by atoms with Crippen molar-refractivity contribution in [2.75, 3.05) is 38.7 Å². The van der Waals surface area contributed by atoms with E-state index in [1.807, 2.05) is 33.9 Å². The Hall–Kier alpha value is -3.72. The van der Waals surface area contributed by atoms with Crippen LogP contribution in [0.15, 0.2) is 55.2 Å². The average Bonchev–Trinajstić information content (AvgIpc) is 3.58. The Morgan fingerprint density at radius 1 is 1.18 bits per heavy atom. The van der Waals surface area contributed by atoms with Crippen molar-refractivity contribution in [2.24, 2.45) is 0 Å². The molecule has 9 nitrogen and oxygen atoms in total. The van der Waals surface area contributed by atoms with Gasteiger partial charge in [0.25, 0.3) is 0 Å². The van der Waals surface area contributed by atoms with Crippen molar-refractivity contribution in [1.82, 2.24) is 29.2 Å². The second-order valence-electron chi connectivity index (χ2n) is 8.80. The third-order valence-electron chi connectivity index (χ3n) is 6.31. The first kappa shape index (κ1) is 22.1. The summed E-state index contributed by atoms with van der Waals surface area (Å²) in [4.78, 5) is 25.7. The van der Waals surface area contributed by atoms with E-state index in [0.717, 1.165) is 36.0 Å². The number of ether oxygens (including phenoxy) is 1. The van der Waals surface area contributed by atoms with Gasteiger partial charge in [0.1, 0.15) is 0 Å². The lowest BCUT2D eigenvalue weighted by molar-refractivity contribution is -0.142. The third kappa shape index (κ3) is 4.38. The fourth-order valence-corrected chi connectivity index (χ4v) is 4.42. The van der Waals surface area contributed by atoms with E-state index in [1.165, 1.54) is 5.69 Å². The number of carbonyl (C=O) groups is 1. The molecule has 1 saturated heterocycles. The van der Waals surface area contributed by atoms with Gasteiger partial charge in [-0.15, -0.1) is 0 Å². The van der Waals surface area contributed by atoms with Crippen LogP contribution in [0.5, 0.6) is 0 Å². The van der Waals surface area contributed by atoms with Crippen LogP contribution in [-0.2, 0) is 16.0 Å². The van der Waals surface area contributed by atoms with Crippen LogP contribution in [0.3, 0.4) is 0 Å². The SMILES string of the molecule is CCOC(=O)Cc1ccn(-c2cncc(-n3ncc4ccc(N5CCC(N(C)C)C5)cc43)n2)c1. The molecular weight excluding hydrogens is 430 g/mol. The molecule has 4 aromatic rings. The standard InChI is InChI=1S/C25H29N7O2/c1-4-34-25(33)11-18-7-9-31(16-18)23-14-26-15-24(28-23)32-22-12-20(6-5-19(22)13-27-32)30-10-8-21(17-30)29(2)3/h5-7,9,12-16,21H,4,8,10-11,17H2,1-3H3. The van der Waals surface area contributed by atoms with E-state index in [0.29, 0.717) is 24.3 Å². The Balaban J connectivity index is 1.42. The molecule has 0 aliphatic carbocycles. The highest BCUT2D eigenvalue weighted by Gasteiger charge is 2.24. The predicted molar refractivity (Wildman–Crippen MR) is 131 cm³/mol. The number of benzene rings is 1. The largest absolute Gasteiger partial charge is 0.466 e. The van der Waals surface area contributed by atoms with E-state index < -0.39 is 0 Å². The summed E-state index contributed by atoms with van der Waals surface area (Å²) in [6, 6.07) is 8.92. The summed E-state index contributed by atoms with van der Waals surface area (Å²) in [6.07, 6.45) is 10.4. The lowest BCUT2D eigenvalue weighted by Crippen LogP contribution is -2.31. The summed E-state index contributed by atoms with van der Waals surface area (Å²) in [7, 11) is 4.28. The van der Waals surface area contributed by atoms with Gasteiger partial charge in [-0.3, -0.25) is 9.78 Å². The Morgan fingerprint density at radius 3 is 2.82 bits per heavy atom. The molecule has 5 rings (SSSR count). The van der Waals surface area contributed by atoms with Gasteiger partial charge < -0.3 is 19.1 Å². The van der Waals surface area contributed by atoms with Gasteiger partial charge in [-0.25, -0.2) is 9.67 Å². The average molecular weight is 460 g/mol. The zero-order chi connectivity index (χ0) is 23.7. The van der Waals surface area contributed by atoms with E-state index in [-0.39, 0.29) is 12.4 Å². The minimum atomic E-state index is -0.242. The molecule has 0 saturated carbocycles. The van der Waals surface area contributed by atoms with Crippen molar-refractivity contribution in [1.29, 1.82) is 0 Å². The molecule has 0 bridgehead atoms. The summed E-state index contributed by atoms with van der Waals surface area (Å²) < 4.78 is 8.73. The van der Waals surface area contributed by atoms with E-state index in [2.05, 4.69) is 52.2 Å². The zero-order valence-corrected chi connectivity index (χ0v) is 19.8. The van der Waals surface area contributed by atoms with Crippen molar-refractivity contribution in [3.63, 3.8) is 0 Å². The summed E-state index contributed by atoms with van der Waals surface area (Å²) >= 11 is 0. The number of aromatic nitrogens is 5. The summed E-state index contributed by atoms with van der Waals surface area (Å²) in [5.74, 6) is 1.05. The maximum Gasteiger partial charge on any atom is 0.310 e.